The number of allylic oxidation sites excluding steroid dienone is 1. The zero-order valence-corrected chi connectivity index (χ0v) is 10.8. The second-order valence-corrected chi connectivity index (χ2v) is 3.77. The molecule has 1 N–H and O–H groups in total. The van der Waals surface area contributed by atoms with Gasteiger partial charge in [0.1, 0.15) is 5.75 Å². The smallest absolute Gasteiger partial charge is 0.188 e. The van der Waals surface area contributed by atoms with Gasteiger partial charge in [-0.1, -0.05) is 25.1 Å². The van der Waals surface area contributed by atoms with E-state index in [0.29, 0.717) is 0 Å². The molecule has 0 amide bonds. The van der Waals surface area contributed by atoms with Gasteiger partial charge in [0.25, 0.3) is 0 Å². The molecule has 1 aromatic rings. The topological polar surface area (TPSA) is 30.5 Å². The molecule has 1 aromatic carbocycles. The van der Waals surface area contributed by atoms with Crippen LogP contribution in [-0.2, 0) is 4.74 Å². The molecule has 0 aliphatic rings. The zero-order chi connectivity index (χ0) is 12.5. The quantitative estimate of drug-likeness (QED) is 0.582. The second kappa shape index (κ2) is 7.87. The lowest BCUT2D eigenvalue weighted by Gasteiger charge is -2.07. The van der Waals surface area contributed by atoms with E-state index in [1.54, 1.807) is 7.11 Å². The third-order valence-electron chi connectivity index (χ3n) is 2.44. The van der Waals surface area contributed by atoms with Crippen LogP contribution >= 0.6 is 0 Å². The molecule has 0 heterocycles. The summed E-state index contributed by atoms with van der Waals surface area (Å²) in [5.74, 6) is 0.834. The van der Waals surface area contributed by atoms with Gasteiger partial charge in [0, 0.05) is 13.7 Å². The van der Waals surface area contributed by atoms with Crippen molar-refractivity contribution in [3.8, 4) is 5.75 Å². The summed E-state index contributed by atoms with van der Waals surface area (Å²) in [6.45, 7) is 6.37. The van der Waals surface area contributed by atoms with Crippen molar-refractivity contribution in [1.82, 2.24) is 5.32 Å². The number of methoxy groups -OCH3 is 1. The Morgan fingerprint density at radius 2 is 2.24 bits per heavy atom. The van der Waals surface area contributed by atoms with E-state index in [4.69, 9.17) is 9.47 Å². The Labute approximate surface area is 103 Å². The highest BCUT2D eigenvalue weighted by Crippen LogP contribution is 2.19. The van der Waals surface area contributed by atoms with E-state index in [2.05, 4.69) is 31.3 Å². The second-order valence-electron chi connectivity index (χ2n) is 3.77. The largest absolute Gasteiger partial charge is 0.468 e. The van der Waals surface area contributed by atoms with Crippen molar-refractivity contribution in [2.24, 2.45) is 0 Å². The molecule has 0 spiro atoms. The number of ether oxygens (including phenoxy) is 2. The summed E-state index contributed by atoms with van der Waals surface area (Å²) in [5.41, 5.74) is 2.42. The normalized spacial score (nSPS) is 11.6. The molecule has 0 saturated carbocycles. The van der Waals surface area contributed by atoms with Crippen molar-refractivity contribution in [3.05, 3.63) is 35.9 Å². The zero-order valence-electron chi connectivity index (χ0n) is 10.8. The molecule has 1 rings (SSSR count). The van der Waals surface area contributed by atoms with E-state index in [0.717, 1.165) is 18.8 Å². The van der Waals surface area contributed by atoms with Crippen molar-refractivity contribution in [3.63, 3.8) is 0 Å². The summed E-state index contributed by atoms with van der Waals surface area (Å²) in [7, 11) is 1.62. The highest BCUT2D eigenvalue weighted by molar-refractivity contribution is 5.64. The molecule has 17 heavy (non-hydrogen) atoms. The minimum absolute atomic E-state index is 0.281. The summed E-state index contributed by atoms with van der Waals surface area (Å²) in [6, 6.07) is 8.03. The van der Waals surface area contributed by atoms with Gasteiger partial charge in [-0.25, -0.2) is 0 Å². The van der Waals surface area contributed by atoms with Gasteiger partial charge in [-0.15, -0.1) is 0 Å². The fraction of sp³-hybridized carbons (Fsp3) is 0.429. The summed E-state index contributed by atoms with van der Waals surface area (Å²) in [6.07, 6.45) is 2.18. The molecular weight excluding hydrogens is 214 g/mol. The Hall–Kier alpha value is -1.32. The molecule has 0 saturated heterocycles. The van der Waals surface area contributed by atoms with Crippen LogP contribution in [0.4, 0.5) is 0 Å². The van der Waals surface area contributed by atoms with Gasteiger partial charge in [-0.2, -0.15) is 0 Å². The van der Waals surface area contributed by atoms with Gasteiger partial charge >= 0.3 is 0 Å². The lowest BCUT2D eigenvalue weighted by molar-refractivity contribution is 0.0511. The number of hydrogen-bond donors (Lipinski definition) is 1. The molecule has 3 heteroatoms. The van der Waals surface area contributed by atoms with Crippen molar-refractivity contribution in [1.29, 1.82) is 0 Å². The van der Waals surface area contributed by atoms with Crippen LogP contribution in [0.5, 0.6) is 5.75 Å². The Balaban J connectivity index is 2.66. The van der Waals surface area contributed by atoms with E-state index < -0.39 is 0 Å². The minimum Gasteiger partial charge on any atom is -0.468 e. The van der Waals surface area contributed by atoms with Crippen LogP contribution in [0.25, 0.3) is 5.57 Å². The predicted molar refractivity (Wildman–Crippen MR) is 71.1 cm³/mol. The molecule has 0 aromatic heterocycles. The molecule has 0 unspecified atom stereocenters. The fourth-order valence-electron chi connectivity index (χ4n) is 1.45. The Morgan fingerprint density at radius 1 is 1.41 bits per heavy atom. The van der Waals surface area contributed by atoms with Crippen molar-refractivity contribution in [2.75, 3.05) is 27.0 Å². The average Bonchev–Trinajstić information content (AvgIpc) is 2.37. The van der Waals surface area contributed by atoms with Crippen molar-refractivity contribution >= 4 is 5.57 Å². The predicted octanol–water partition coefficient (Wildman–Crippen LogP) is 2.68. The number of nitrogens with one attached hydrogen (secondary N) is 1. The van der Waals surface area contributed by atoms with Crippen LogP contribution in [0, 0.1) is 0 Å². The standard InChI is InChI=1S/C14H21NO2/c1-4-15-9-8-12(2)13-6-5-7-14(10-13)17-11-16-3/h5-8,10,15H,4,9,11H2,1-3H3/b12-8+. The Kier molecular flexibility index (Phi) is 6.37. The van der Waals surface area contributed by atoms with Crippen molar-refractivity contribution < 1.29 is 9.47 Å². The first-order valence-corrected chi connectivity index (χ1v) is 5.87. The van der Waals surface area contributed by atoms with E-state index >= 15 is 0 Å². The first-order valence-electron chi connectivity index (χ1n) is 5.87. The van der Waals surface area contributed by atoms with Crippen molar-refractivity contribution in [2.45, 2.75) is 13.8 Å². The number of benzene rings is 1. The number of likely N-dealkylation sites (N-methyl/N-ethyl adjacent to an activating group) is 1. The van der Waals surface area contributed by atoms with Crippen LogP contribution in [0.1, 0.15) is 19.4 Å². The summed E-state index contributed by atoms with van der Waals surface area (Å²) in [5, 5.41) is 3.27. The molecule has 0 bridgehead atoms. The van der Waals surface area contributed by atoms with Gasteiger partial charge in [0.15, 0.2) is 6.79 Å². The molecule has 0 aliphatic heterocycles. The lowest BCUT2D eigenvalue weighted by Crippen LogP contribution is -2.11. The fourth-order valence-corrected chi connectivity index (χ4v) is 1.45. The van der Waals surface area contributed by atoms with Gasteiger partial charge < -0.3 is 14.8 Å². The molecule has 94 valence electrons. The van der Waals surface area contributed by atoms with E-state index in [9.17, 15) is 0 Å². The highest BCUT2D eigenvalue weighted by atomic mass is 16.7. The molecular formula is C14H21NO2. The first-order chi connectivity index (χ1) is 8.27. The summed E-state index contributed by atoms with van der Waals surface area (Å²) < 4.78 is 10.3. The molecule has 0 aliphatic carbocycles. The lowest BCUT2D eigenvalue weighted by atomic mass is 10.1. The van der Waals surface area contributed by atoms with Crippen LogP contribution in [-0.4, -0.2) is 27.0 Å². The van der Waals surface area contributed by atoms with Gasteiger partial charge in [0.05, 0.1) is 0 Å². The Morgan fingerprint density at radius 3 is 2.94 bits per heavy atom. The maximum absolute atomic E-state index is 5.41. The van der Waals surface area contributed by atoms with Crippen LogP contribution < -0.4 is 10.1 Å². The van der Waals surface area contributed by atoms with Gasteiger partial charge in [-0.05, 0) is 36.7 Å². The van der Waals surface area contributed by atoms with E-state index in [-0.39, 0.29) is 6.79 Å². The monoisotopic (exact) mass is 235 g/mol. The number of hydrogen-bond acceptors (Lipinski definition) is 3. The van der Waals surface area contributed by atoms with E-state index in [1.165, 1.54) is 11.1 Å². The molecule has 0 atom stereocenters. The number of rotatable bonds is 7. The molecule has 0 radical (unpaired) electrons. The first kappa shape index (κ1) is 13.7. The third kappa shape index (κ3) is 5.02. The maximum Gasteiger partial charge on any atom is 0.188 e. The maximum atomic E-state index is 5.41. The van der Waals surface area contributed by atoms with Gasteiger partial charge in [-0.3, -0.25) is 0 Å². The Bertz CT molecular complexity index is 361. The third-order valence-corrected chi connectivity index (χ3v) is 2.44. The minimum atomic E-state index is 0.281. The highest BCUT2D eigenvalue weighted by Gasteiger charge is 1.98. The van der Waals surface area contributed by atoms with Crippen LogP contribution in [0.15, 0.2) is 30.3 Å². The van der Waals surface area contributed by atoms with Crippen LogP contribution in [0.3, 0.4) is 0 Å². The van der Waals surface area contributed by atoms with Crippen LogP contribution in [0.2, 0.25) is 0 Å². The van der Waals surface area contributed by atoms with E-state index in [1.807, 2.05) is 18.2 Å². The summed E-state index contributed by atoms with van der Waals surface area (Å²) >= 11 is 0. The van der Waals surface area contributed by atoms with Gasteiger partial charge in [0.2, 0.25) is 0 Å². The SMILES string of the molecule is CCNC/C=C(\C)c1cccc(OCOC)c1. The molecule has 3 nitrogen and oxygen atoms in total. The average molecular weight is 235 g/mol. The molecule has 0 fully saturated rings. The summed E-state index contributed by atoms with van der Waals surface area (Å²) in [4.78, 5) is 0.